The molecule has 21 heavy (non-hydrogen) atoms. The van der Waals surface area contributed by atoms with Crippen LogP contribution in [0.2, 0.25) is 0 Å². The van der Waals surface area contributed by atoms with E-state index in [2.05, 4.69) is 15.5 Å². The number of aromatic nitrogens is 2. The van der Waals surface area contributed by atoms with Crippen LogP contribution in [0, 0.1) is 6.92 Å². The zero-order valence-corrected chi connectivity index (χ0v) is 11.6. The maximum Gasteiger partial charge on any atom is 0.269 e. The first-order chi connectivity index (χ1) is 10.2. The summed E-state index contributed by atoms with van der Waals surface area (Å²) in [7, 11) is 0. The number of benzene rings is 1. The van der Waals surface area contributed by atoms with Gasteiger partial charge in [0.05, 0.1) is 12.2 Å². The number of furan rings is 1. The van der Waals surface area contributed by atoms with Crippen molar-refractivity contribution in [2.45, 2.75) is 13.5 Å². The molecule has 2 heterocycles. The maximum atomic E-state index is 12.0. The number of carbonyl (C=O) groups excluding carboxylic acids is 1. The fraction of sp³-hybridized carbons (Fsp3) is 0.125. The first-order valence-electron chi connectivity index (χ1n) is 6.67. The highest BCUT2D eigenvalue weighted by molar-refractivity contribution is 5.93. The summed E-state index contributed by atoms with van der Waals surface area (Å²) in [5.74, 6) is 1.34. The van der Waals surface area contributed by atoms with Crippen molar-refractivity contribution in [2.24, 2.45) is 0 Å². The van der Waals surface area contributed by atoms with Gasteiger partial charge in [-0.05, 0) is 25.1 Å². The molecule has 3 aromatic rings. The molecule has 0 aliphatic rings. The lowest BCUT2D eigenvalue weighted by Gasteiger charge is -2.00. The Hall–Kier alpha value is -2.82. The molecule has 0 saturated heterocycles. The van der Waals surface area contributed by atoms with E-state index in [0.29, 0.717) is 12.2 Å². The predicted octanol–water partition coefficient (Wildman–Crippen LogP) is 2.91. The third kappa shape index (κ3) is 3.02. The minimum Gasteiger partial charge on any atom is -0.465 e. The average Bonchev–Trinajstić information content (AvgIpc) is 3.15. The molecule has 0 aliphatic heterocycles. The molecular formula is C16H15N3O2. The molecular weight excluding hydrogens is 266 g/mol. The third-order valence-corrected chi connectivity index (χ3v) is 3.11. The minimum absolute atomic E-state index is 0.210. The number of rotatable bonds is 4. The molecule has 0 atom stereocenters. The normalized spacial score (nSPS) is 10.5. The topological polar surface area (TPSA) is 70.9 Å². The molecule has 106 valence electrons. The van der Waals surface area contributed by atoms with E-state index < -0.39 is 0 Å². The van der Waals surface area contributed by atoms with Gasteiger partial charge in [-0.2, -0.15) is 5.10 Å². The van der Waals surface area contributed by atoms with Gasteiger partial charge in [-0.15, -0.1) is 0 Å². The Bertz CT molecular complexity index is 744. The van der Waals surface area contributed by atoms with Crippen molar-refractivity contribution in [3.05, 3.63) is 65.7 Å². The van der Waals surface area contributed by atoms with Gasteiger partial charge in [0.15, 0.2) is 0 Å². The second-order valence-electron chi connectivity index (χ2n) is 4.73. The number of aryl methyl sites for hydroxylation is 1. The fourth-order valence-electron chi connectivity index (χ4n) is 2.04. The molecule has 5 heteroatoms. The SMILES string of the molecule is Cc1ccc(CNC(=O)c2cc(-c3ccccc3)n[nH]2)o1. The standard InChI is InChI=1S/C16H15N3O2/c1-11-7-8-13(21-11)10-17-16(20)15-9-14(18-19-15)12-5-3-2-4-6-12/h2-9H,10H2,1H3,(H,17,20)(H,18,19). The Balaban J connectivity index is 1.67. The first-order valence-corrected chi connectivity index (χ1v) is 6.67. The van der Waals surface area contributed by atoms with E-state index in [1.165, 1.54) is 0 Å². The van der Waals surface area contributed by atoms with E-state index >= 15 is 0 Å². The van der Waals surface area contributed by atoms with Crippen LogP contribution in [0.3, 0.4) is 0 Å². The molecule has 0 radical (unpaired) electrons. The van der Waals surface area contributed by atoms with Crippen molar-refractivity contribution in [3.8, 4) is 11.3 Å². The van der Waals surface area contributed by atoms with E-state index in [1.54, 1.807) is 6.07 Å². The van der Waals surface area contributed by atoms with Gasteiger partial charge in [0, 0.05) is 5.56 Å². The number of hydrogen-bond acceptors (Lipinski definition) is 3. The molecule has 5 nitrogen and oxygen atoms in total. The summed E-state index contributed by atoms with van der Waals surface area (Å²) in [6, 6.07) is 15.1. The number of nitrogens with zero attached hydrogens (tertiary/aromatic N) is 1. The highest BCUT2D eigenvalue weighted by Gasteiger charge is 2.11. The van der Waals surface area contributed by atoms with Crippen molar-refractivity contribution in [3.63, 3.8) is 0 Å². The van der Waals surface area contributed by atoms with Gasteiger partial charge >= 0.3 is 0 Å². The smallest absolute Gasteiger partial charge is 0.269 e. The Morgan fingerprint density at radius 2 is 2.05 bits per heavy atom. The highest BCUT2D eigenvalue weighted by Crippen LogP contribution is 2.16. The number of H-pyrrole nitrogens is 1. The Morgan fingerprint density at radius 3 is 2.76 bits per heavy atom. The Labute approximate surface area is 122 Å². The summed E-state index contributed by atoms with van der Waals surface area (Å²) >= 11 is 0. The molecule has 3 rings (SSSR count). The quantitative estimate of drug-likeness (QED) is 0.772. The summed E-state index contributed by atoms with van der Waals surface area (Å²) < 4.78 is 5.40. The summed E-state index contributed by atoms with van der Waals surface area (Å²) in [5.41, 5.74) is 2.14. The van der Waals surface area contributed by atoms with Crippen molar-refractivity contribution in [2.75, 3.05) is 0 Å². The van der Waals surface area contributed by atoms with Crippen molar-refractivity contribution in [1.29, 1.82) is 0 Å². The zero-order chi connectivity index (χ0) is 14.7. The highest BCUT2D eigenvalue weighted by atomic mass is 16.3. The van der Waals surface area contributed by atoms with Crippen LogP contribution in [0.4, 0.5) is 0 Å². The van der Waals surface area contributed by atoms with Gasteiger partial charge in [-0.1, -0.05) is 30.3 Å². The van der Waals surface area contributed by atoms with Crippen LogP contribution in [0.5, 0.6) is 0 Å². The molecule has 2 aromatic heterocycles. The van der Waals surface area contributed by atoms with Crippen LogP contribution < -0.4 is 5.32 Å². The number of amides is 1. The van der Waals surface area contributed by atoms with Crippen molar-refractivity contribution < 1.29 is 9.21 Å². The van der Waals surface area contributed by atoms with Gasteiger partial charge in [0.1, 0.15) is 17.2 Å². The Morgan fingerprint density at radius 1 is 1.24 bits per heavy atom. The lowest BCUT2D eigenvalue weighted by Crippen LogP contribution is -2.22. The maximum absolute atomic E-state index is 12.0. The molecule has 1 aromatic carbocycles. The van der Waals surface area contributed by atoms with Gasteiger partial charge in [-0.25, -0.2) is 0 Å². The van der Waals surface area contributed by atoms with Crippen LogP contribution >= 0.6 is 0 Å². The minimum atomic E-state index is -0.210. The van der Waals surface area contributed by atoms with Crippen molar-refractivity contribution in [1.82, 2.24) is 15.5 Å². The van der Waals surface area contributed by atoms with Crippen LogP contribution in [-0.2, 0) is 6.54 Å². The molecule has 0 unspecified atom stereocenters. The molecule has 0 aliphatic carbocycles. The van der Waals surface area contributed by atoms with Gasteiger partial charge in [-0.3, -0.25) is 9.89 Å². The van der Waals surface area contributed by atoms with Gasteiger partial charge in [0.25, 0.3) is 5.91 Å². The third-order valence-electron chi connectivity index (χ3n) is 3.11. The van der Waals surface area contributed by atoms with Crippen LogP contribution in [0.1, 0.15) is 22.0 Å². The van der Waals surface area contributed by atoms with Gasteiger partial charge in [0.2, 0.25) is 0 Å². The summed E-state index contributed by atoms with van der Waals surface area (Å²) in [4.78, 5) is 12.0. The number of nitrogens with one attached hydrogen (secondary N) is 2. The van der Waals surface area contributed by atoms with Crippen LogP contribution in [0.15, 0.2) is 52.9 Å². The molecule has 0 spiro atoms. The number of carbonyl (C=O) groups is 1. The monoisotopic (exact) mass is 281 g/mol. The van der Waals surface area contributed by atoms with Gasteiger partial charge < -0.3 is 9.73 Å². The number of hydrogen-bond donors (Lipinski definition) is 2. The average molecular weight is 281 g/mol. The van der Waals surface area contributed by atoms with E-state index in [1.807, 2.05) is 49.4 Å². The van der Waals surface area contributed by atoms with Crippen LogP contribution in [0.25, 0.3) is 11.3 Å². The molecule has 0 saturated carbocycles. The molecule has 0 bridgehead atoms. The second-order valence-corrected chi connectivity index (χ2v) is 4.73. The largest absolute Gasteiger partial charge is 0.465 e. The second kappa shape index (κ2) is 5.66. The van der Waals surface area contributed by atoms with E-state index in [4.69, 9.17) is 4.42 Å². The molecule has 2 N–H and O–H groups in total. The molecule has 0 fully saturated rings. The summed E-state index contributed by atoms with van der Waals surface area (Å²) in [6.45, 7) is 2.22. The first kappa shape index (κ1) is 13.2. The lowest BCUT2D eigenvalue weighted by molar-refractivity contribution is 0.0943. The van der Waals surface area contributed by atoms with Crippen LogP contribution in [-0.4, -0.2) is 16.1 Å². The summed E-state index contributed by atoms with van der Waals surface area (Å²) in [5, 5.41) is 9.70. The lowest BCUT2D eigenvalue weighted by atomic mass is 10.1. The fourth-order valence-corrected chi connectivity index (χ4v) is 2.04. The van der Waals surface area contributed by atoms with Crippen molar-refractivity contribution >= 4 is 5.91 Å². The Kier molecular flexibility index (Phi) is 3.55. The number of aromatic amines is 1. The predicted molar refractivity (Wildman–Crippen MR) is 78.6 cm³/mol. The van der Waals surface area contributed by atoms with E-state index in [0.717, 1.165) is 22.8 Å². The zero-order valence-electron chi connectivity index (χ0n) is 11.6. The molecule has 1 amide bonds. The van der Waals surface area contributed by atoms with E-state index in [9.17, 15) is 4.79 Å². The summed E-state index contributed by atoms with van der Waals surface area (Å²) in [6.07, 6.45) is 0. The van der Waals surface area contributed by atoms with E-state index in [-0.39, 0.29) is 5.91 Å².